The van der Waals surface area contributed by atoms with Gasteiger partial charge < -0.3 is 14.6 Å². The molecule has 3 nitrogen and oxygen atoms in total. The van der Waals surface area contributed by atoms with Crippen LogP contribution in [0.2, 0.25) is 0 Å². The van der Waals surface area contributed by atoms with Gasteiger partial charge in [-0.25, -0.2) is 0 Å². The molecule has 0 radical (unpaired) electrons. The highest BCUT2D eigenvalue weighted by molar-refractivity contribution is 14.1. The standard InChI is InChI=1S/C10H8F3IO3/c1-5(9(15)16)17-8-3-2-6(4-7(8)14)10(11,12)13/h2-5H,1H3,(H,15,16)/p-1/t5-/m0/s1. The first-order valence-corrected chi connectivity index (χ1v) is 5.54. The Morgan fingerprint density at radius 3 is 2.47 bits per heavy atom. The van der Waals surface area contributed by atoms with E-state index in [2.05, 4.69) is 0 Å². The molecule has 0 bridgehead atoms. The minimum Gasteiger partial charge on any atom is -0.546 e. The number of carboxylic acids is 1. The van der Waals surface area contributed by atoms with E-state index in [9.17, 15) is 23.1 Å². The van der Waals surface area contributed by atoms with E-state index in [-0.39, 0.29) is 9.32 Å². The SMILES string of the molecule is C[C@H](Oc1ccc(C(F)(F)F)cc1I)C(=O)[O-]. The summed E-state index contributed by atoms with van der Waals surface area (Å²) in [6.45, 7) is 1.24. The topological polar surface area (TPSA) is 49.4 Å². The van der Waals surface area contributed by atoms with Gasteiger partial charge >= 0.3 is 6.18 Å². The van der Waals surface area contributed by atoms with E-state index in [0.29, 0.717) is 0 Å². The van der Waals surface area contributed by atoms with Gasteiger partial charge in [-0.3, -0.25) is 0 Å². The molecule has 0 spiro atoms. The van der Waals surface area contributed by atoms with Crippen LogP contribution in [0.1, 0.15) is 12.5 Å². The normalized spacial score (nSPS) is 13.2. The van der Waals surface area contributed by atoms with Crippen LogP contribution in [0, 0.1) is 3.57 Å². The van der Waals surface area contributed by atoms with E-state index in [1.807, 2.05) is 0 Å². The fourth-order valence-electron chi connectivity index (χ4n) is 1.01. The third-order valence-electron chi connectivity index (χ3n) is 1.89. The molecule has 94 valence electrons. The molecule has 0 aromatic heterocycles. The van der Waals surface area contributed by atoms with Crippen LogP contribution < -0.4 is 9.84 Å². The molecular weight excluding hydrogens is 352 g/mol. The Labute approximate surface area is 109 Å². The van der Waals surface area contributed by atoms with Crippen molar-refractivity contribution in [1.29, 1.82) is 0 Å². The Hall–Kier alpha value is -0.990. The summed E-state index contributed by atoms with van der Waals surface area (Å²) in [6, 6.07) is 2.81. The van der Waals surface area contributed by atoms with Crippen molar-refractivity contribution in [1.82, 2.24) is 0 Å². The molecule has 0 aliphatic heterocycles. The van der Waals surface area contributed by atoms with Gasteiger partial charge in [-0.15, -0.1) is 0 Å². The van der Waals surface area contributed by atoms with E-state index in [4.69, 9.17) is 4.74 Å². The van der Waals surface area contributed by atoms with Crippen LogP contribution in [-0.2, 0) is 11.0 Å². The maximum absolute atomic E-state index is 12.3. The fraction of sp³-hybridized carbons (Fsp3) is 0.300. The zero-order valence-corrected chi connectivity index (χ0v) is 10.7. The molecule has 0 amide bonds. The van der Waals surface area contributed by atoms with Gasteiger partial charge in [-0.1, -0.05) is 0 Å². The smallest absolute Gasteiger partial charge is 0.416 e. The largest absolute Gasteiger partial charge is 0.546 e. The maximum atomic E-state index is 12.3. The van der Waals surface area contributed by atoms with Gasteiger partial charge in [0.2, 0.25) is 0 Å². The highest BCUT2D eigenvalue weighted by Crippen LogP contribution is 2.33. The summed E-state index contributed by atoms with van der Waals surface area (Å²) in [4.78, 5) is 10.4. The van der Waals surface area contributed by atoms with Crippen LogP contribution in [0.15, 0.2) is 18.2 Å². The highest BCUT2D eigenvalue weighted by atomic mass is 127. The summed E-state index contributed by atoms with van der Waals surface area (Å²) in [5.74, 6) is -1.35. The van der Waals surface area contributed by atoms with Crippen LogP contribution in [-0.4, -0.2) is 12.1 Å². The first kappa shape index (κ1) is 14.1. The summed E-state index contributed by atoms with van der Waals surface area (Å²) in [7, 11) is 0. The quantitative estimate of drug-likeness (QED) is 0.774. The number of carboxylic acid groups (broad SMARTS) is 1. The lowest BCUT2D eigenvalue weighted by Gasteiger charge is -2.17. The number of benzene rings is 1. The monoisotopic (exact) mass is 359 g/mol. The van der Waals surface area contributed by atoms with Crippen LogP contribution in [0.3, 0.4) is 0 Å². The van der Waals surface area contributed by atoms with Crippen molar-refractivity contribution in [2.24, 2.45) is 0 Å². The first-order valence-electron chi connectivity index (χ1n) is 4.46. The number of carbonyl (C=O) groups is 1. The van der Waals surface area contributed by atoms with Gasteiger partial charge in [0, 0.05) is 0 Å². The second kappa shape index (κ2) is 5.11. The molecule has 17 heavy (non-hydrogen) atoms. The molecule has 1 atom stereocenters. The van der Waals surface area contributed by atoms with Crippen molar-refractivity contribution in [3.8, 4) is 5.75 Å². The number of aliphatic carboxylic acids is 1. The summed E-state index contributed by atoms with van der Waals surface area (Å²) < 4.78 is 42.1. The molecular formula is C10H7F3IO3-. The number of hydrogen-bond acceptors (Lipinski definition) is 3. The number of alkyl halides is 3. The highest BCUT2D eigenvalue weighted by Gasteiger charge is 2.31. The van der Waals surface area contributed by atoms with Gasteiger partial charge in [0.1, 0.15) is 11.9 Å². The van der Waals surface area contributed by atoms with Crippen molar-refractivity contribution in [3.05, 3.63) is 27.3 Å². The zero-order valence-electron chi connectivity index (χ0n) is 8.55. The molecule has 0 aliphatic carbocycles. The molecule has 1 aromatic carbocycles. The molecule has 0 unspecified atom stereocenters. The predicted octanol–water partition coefficient (Wildman–Crippen LogP) is 1.83. The molecule has 0 N–H and O–H groups in total. The lowest BCUT2D eigenvalue weighted by Crippen LogP contribution is -2.37. The first-order chi connectivity index (χ1) is 7.71. The second-order valence-electron chi connectivity index (χ2n) is 3.22. The van der Waals surface area contributed by atoms with Crippen molar-refractivity contribution in [2.75, 3.05) is 0 Å². The van der Waals surface area contributed by atoms with Crippen LogP contribution in [0.4, 0.5) is 13.2 Å². The molecule has 0 aliphatic rings. The Balaban J connectivity index is 2.95. The molecule has 7 heteroatoms. The van der Waals surface area contributed by atoms with E-state index >= 15 is 0 Å². The number of ether oxygens (including phenoxy) is 1. The summed E-state index contributed by atoms with van der Waals surface area (Å²) in [5, 5.41) is 10.4. The fourth-order valence-corrected chi connectivity index (χ4v) is 1.65. The molecule has 0 heterocycles. The van der Waals surface area contributed by atoms with Crippen LogP contribution in [0.25, 0.3) is 0 Å². The number of hydrogen-bond donors (Lipinski definition) is 0. The van der Waals surface area contributed by atoms with E-state index < -0.39 is 23.8 Å². The van der Waals surface area contributed by atoms with Gasteiger partial charge in [0.15, 0.2) is 0 Å². The average Bonchev–Trinajstić information content (AvgIpc) is 2.19. The molecule has 0 saturated heterocycles. The average molecular weight is 359 g/mol. The summed E-state index contributed by atoms with van der Waals surface area (Å²) >= 11 is 1.64. The zero-order chi connectivity index (χ0) is 13.2. The van der Waals surface area contributed by atoms with Crippen molar-refractivity contribution >= 4 is 28.6 Å². The lowest BCUT2D eigenvalue weighted by molar-refractivity contribution is -0.312. The molecule has 1 aromatic rings. The summed E-state index contributed by atoms with van der Waals surface area (Å²) in [6.07, 6.45) is -5.65. The maximum Gasteiger partial charge on any atom is 0.416 e. The van der Waals surface area contributed by atoms with Crippen molar-refractivity contribution in [3.63, 3.8) is 0 Å². The van der Waals surface area contributed by atoms with Crippen molar-refractivity contribution in [2.45, 2.75) is 19.2 Å². The molecule has 0 fully saturated rings. The predicted molar refractivity (Wildman–Crippen MR) is 59.3 cm³/mol. The van der Waals surface area contributed by atoms with Gasteiger partial charge in [-0.2, -0.15) is 13.2 Å². The Kier molecular flexibility index (Phi) is 4.23. The number of halogens is 4. The van der Waals surface area contributed by atoms with E-state index in [1.54, 1.807) is 22.6 Å². The third kappa shape index (κ3) is 3.76. The van der Waals surface area contributed by atoms with Crippen molar-refractivity contribution < 1.29 is 27.8 Å². The second-order valence-corrected chi connectivity index (χ2v) is 4.38. The van der Waals surface area contributed by atoms with Gasteiger partial charge in [0.05, 0.1) is 15.1 Å². The summed E-state index contributed by atoms with van der Waals surface area (Å²) in [5.41, 5.74) is -0.810. The Morgan fingerprint density at radius 1 is 1.47 bits per heavy atom. The van der Waals surface area contributed by atoms with Gasteiger partial charge in [0.25, 0.3) is 0 Å². The van der Waals surface area contributed by atoms with Crippen LogP contribution in [0.5, 0.6) is 5.75 Å². The molecule has 1 rings (SSSR count). The Morgan fingerprint density at radius 2 is 2.06 bits per heavy atom. The number of rotatable bonds is 3. The Bertz CT molecular complexity index is 431. The van der Waals surface area contributed by atoms with E-state index in [0.717, 1.165) is 18.2 Å². The van der Waals surface area contributed by atoms with Crippen LogP contribution >= 0.6 is 22.6 Å². The minimum atomic E-state index is -4.43. The number of carbonyl (C=O) groups excluding carboxylic acids is 1. The lowest BCUT2D eigenvalue weighted by atomic mass is 10.2. The minimum absolute atomic E-state index is 0.0790. The third-order valence-corrected chi connectivity index (χ3v) is 2.74. The van der Waals surface area contributed by atoms with Gasteiger partial charge in [-0.05, 0) is 47.7 Å². The molecule has 0 saturated carbocycles. The van der Waals surface area contributed by atoms with E-state index in [1.165, 1.54) is 6.92 Å².